The number of carbonyl (C=O) groups excluding carboxylic acids is 1. The molecule has 0 saturated heterocycles. The highest BCUT2D eigenvalue weighted by atomic mass is 16.4. The summed E-state index contributed by atoms with van der Waals surface area (Å²) in [5.41, 5.74) is 0.387. The standard InChI is InChI=1S/C12H20N2O3/c1-2-3-6-13-11(15)9-14-7-4-5-10(8-14)12(16)17/h5H,2-4,6-9H2,1H3,(H,13,15)(H,16,17). The maximum Gasteiger partial charge on any atom is 0.332 e. The Hall–Kier alpha value is -1.36. The fourth-order valence-corrected chi connectivity index (χ4v) is 1.76. The second kappa shape index (κ2) is 7.06. The molecule has 1 rings (SSSR count). The Balaban J connectivity index is 2.30. The normalized spacial score (nSPS) is 16.4. The summed E-state index contributed by atoms with van der Waals surface area (Å²) < 4.78 is 0. The van der Waals surface area contributed by atoms with Crippen molar-refractivity contribution in [3.8, 4) is 0 Å². The Morgan fingerprint density at radius 2 is 2.29 bits per heavy atom. The molecule has 0 aromatic carbocycles. The van der Waals surface area contributed by atoms with Crippen LogP contribution in [-0.4, -0.2) is 48.1 Å². The van der Waals surface area contributed by atoms with Gasteiger partial charge in [0.1, 0.15) is 0 Å². The molecule has 1 amide bonds. The van der Waals surface area contributed by atoms with Crippen LogP contribution in [0.1, 0.15) is 26.2 Å². The zero-order valence-electron chi connectivity index (χ0n) is 10.2. The molecule has 1 heterocycles. The number of unbranched alkanes of at least 4 members (excludes halogenated alkanes) is 1. The van der Waals surface area contributed by atoms with Crippen molar-refractivity contribution < 1.29 is 14.7 Å². The van der Waals surface area contributed by atoms with E-state index >= 15 is 0 Å². The van der Waals surface area contributed by atoms with Gasteiger partial charge in [-0.25, -0.2) is 4.79 Å². The molecule has 0 fully saturated rings. The minimum absolute atomic E-state index is 0.0231. The van der Waals surface area contributed by atoms with Crippen LogP contribution < -0.4 is 5.32 Å². The molecule has 2 N–H and O–H groups in total. The predicted octanol–water partition coefficient (Wildman–Crippen LogP) is 0.619. The highest BCUT2D eigenvalue weighted by molar-refractivity contribution is 5.87. The van der Waals surface area contributed by atoms with Crippen molar-refractivity contribution in [3.63, 3.8) is 0 Å². The average Bonchev–Trinajstić information content (AvgIpc) is 2.29. The third kappa shape index (κ3) is 4.99. The molecule has 5 heteroatoms. The minimum Gasteiger partial charge on any atom is -0.478 e. The molecule has 0 atom stereocenters. The van der Waals surface area contributed by atoms with Crippen LogP contribution in [0.25, 0.3) is 0 Å². The maximum absolute atomic E-state index is 11.5. The van der Waals surface area contributed by atoms with Crippen LogP contribution in [0.4, 0.5) is 0 Å². The van der Waals surface area contributed by atoms with Gasteiger partial charge in [-0.3, -0.25) is 9.69 Å². The Morgan fingerprint density at radius 3 is 2.94 bits per heavy atom. The van der Waals surface area contributed by atoms with Crippen LogP contribution in [0, 0.1) is 0 Å². The zero-order valence-corrected chi connectivity index (χ0v) is 10.2. The molecule has 0 aromatic heterocycles. The summed E-state index contributed by atoms with van der Waals surface area (Å²) in [6.45, 7) is 4.16. The van der Waals surface area contributed by atoms with E-state index in [2.05, 4.69) is 12.2 Å². The van der Waals surface area contributed by atoms with Crippen molar-refractivity contribution in [2.45, 2.75) is 26.2 Å². The monoisotopic (exact) mass is 240 g/mol. The largest absolute Gasteiger partial charge is 0.478 e. The third-order valence-corrected chi connectivity index (χ3v) is 2.72. The number of rotatable bonds is 6. The lowest BCUT2D eigenvalue weighted by Gasteiger charge is -2.24. The van der Waals surface area contributed by atoms with Gasteiger partial charge in [0.2, 0.25) is 5.91 Å². The van der Waals surface area contributed by atoms with E-state index in [4.69, 9.17) is 5.11 Å². The average molecular weight is 240 g/mol. The van der Waals surface area contributed by atoms with Gasteiger partial charge in [0.05, 0.1) is 6.54 Å². The lowest BCUT2D eigenvalue weighted by atomic mass is 10.1. The summed E-state index contributed by atoms with van der Waals surface area (Å²) in [5, 5.41) is 11.7. The summed E-state index contributed by atoms with van der Waals surface area (Å²) in [6, 6.07) is 0. The minimum atomic E-state index is -0.888. The van der Waals surface area contributed by atoms with Gasteiger partial charge in [-0.2, -0.15) is 0 Å². The van der Waals surface area contributed by atoms with Crippen LogP contribution in [0.3, 0.4) is 0 Å². The topological polar surface area (TPSA) is 69.6 Å². The lowest BCUT2D eigenvalue weighted by molar-refractivity contribution is -0.133. The van der Waals surface area contributed by atoms with E-state index in [-0.39, 0.29) is 12.5 Å². The number of carboxylic acids is 1. The van der Waals surface area contributed by atoms with Crippen molar-refractivity contribution in [2.24, 2.45) is 0 Å². The van der Waals surface area contributed by atoms with Crippen LogP contribution in [0.2, 0.25) is 0 Å². The maximum atomic E-state index is 11.5. The fraction of sp³-hybridized carbons (Fsp3) is 0.667. The van der Waals surface area contributed by atoms with Gasteiger partial charge in [0.15, 0.2) is 0 Å². The molecule has 1 aliphatic rings. The van der Waals surface area contributed by atoms with Gasteiger partial charge in [-0.1, -0.05) is 19.4 Å². The molecular formula is C12H20N2O3. The summed E-state index contributed by atoms with van der Waals surface area (Å²) in [5.74, 6) is -0.911. The first-order valence-corrected chi connectivity index (χ1v) is 6.05. The number of carboxylic acid groups (broad SMARTS) is 1. The van der Waals surface area contributed by atoms with Crippen molar-refractivity contribution in [1.29, 1.82) is 0 Å². The fourth-order valence-electron chi connectivity index (χ4n) is 1.76. The SMILES string of the molecule is CCCCNC(=O)CN1CCC=C(C(=O)O)C1. The number of nitrogens with one attached hydrogen (secondary N) is 1. The van der Waals surface area contributed by atoms with Crippen LogP contribution in [0.5, 0.6) is 0 Å². The van der Waals surface area contributed by atoms with E-state index < -0.39 is 5.97 Å². The number of hydrogen-bond donors (Lipinski definition) is 2. The molecule has 1 aliphatic heterocycles. The van der Waals surface area contributed by atoms with Gasteiger partial charge < -0.3 is 10.4 Å². The summed E-state index contributed by atoms with van der Waals surface area (Å²) in [6.07, 6.45) is 4.46. The Kier molecular flexibility index (Phi) is 5.69. The third-order valence-electron chi connectivity index (χ3n) is 2.72. The molecule has 0 bridgehead atoms. The first-order chi connectivity index (χ1) is 8.13. The highest BCUT2D eigenvalue weighted by Gasteiger charge is 2.18. The molecule has 0 unspecified atom stereocenters. The van der Waals surface area contributed by atoms with Crippen molar-refractivity contribution in [1.82, 2.24) is 10.2 Å². The van der Waals surface area contributed by atoms with Gasteiger partial charge in [0.25, 0.3) is 0 Å². The first-order valence-electron chi connectivity index (χ1n) is 6.05. The van der Waals surface area contributed by atoms with E-state index in [1.807, 2.05) is 4.90 Å². The summed E-state index contributed by atoms with van der Waals surface area (Å²) in [4.78, 5) is 24.2. The smallest absolute Gasteiger partial charge is 0.332 e. The predicted molar refractivity (Wildman–Crippen MR) is 64.7 cm³/mol. The van der Waals surface area contributed by atoms with E-state index in [0.29, 0.717) is 25.1 Å². The first kappa shape index (κ1) is 13.7. The molecule has 96 valence electrons. The summed E-state index contributed by atoms with van der Waals surface area (Å²) >= 11 is 0. The van der Waals surface area contributed by atoms with Gasteiger partial charge in [-0.15, -0.1) is 0 Å². The quantitative estimate of drug-likeness (QED) is 0.668. The molecule has 0 radical (unpaired) electrons. The van der Waals surface area contributed by atoms with Gasteiger partial charge in [-0.05, 0) is 12.8 Å². The van der Waals surface area contributed by atoms with Crippen molar-refractivity contribution in [3.05, 3.63) is 11.6 Å². The molecule has 0 saturated carbocycles. The molecule has 17 heavy (non-hydrogen) atoms. The van der Waals surface area contributed by atoms with E-state index in [9.17, 15) is 9.59 Å². The Labute approximate surface area is 101 Å². The molecule has 0 aliphatic carbocycles. The molecular weight excluding hydrogens is 220 g/mol. The second-order valence-electron chi connectivity index (χ2n) is 4.24. The number of amides is 1. The Bertz CT molecular complexity index is 313. The lowest BCUT2D eigenvalue weighted by Crippen LogP contribution is -2.41. The highest BCUT2D eigenvalue weighted by Crippen LogP contribution is 2.09. The van der Waals surface area contributed by atoms with Crippen molar-refractivity contribution in [2.75, 3.05) is 26.2 Å². The van der Waals surface area contributed by atoms with Gasteiger partial charge >= 0.3 is 5.97 Å². The second-order valence-corrected chi connectivity index (χ2v) is 4.24. The van der Waals surface area contributed by atoms with Crippen LogP contribution in [-0.2, 0) is 9.59 Å². The molecule has 5 nitrogen and oxygen atoms in total. The zero-order chi connectivity index (χ0) is 12.7. The number of nitrogens with zero attached hydrogens (tertiary/aromatic N) is 1. The van der Waals surface area contributed by atoms with Gasteiger partial charge in [0, 0.05) is 25.2 Å². The molecule has 0 aromatic rings. The van der Waals surface area contributed by atoms with E-state index in [0.717, 1.165) is 19.4 Å². The molecule has 0 spiro atoms. The Morgan fingerprint density at radius 1 is 1.53 bits per heavy atom. The summed E-state index contributed by atoms with van der Waals surface area (Å²) in [7, 11) is 0. The number of hydrogen-bond acceptors (Lipinski definition) is 3. The van der Waals surface area contributed by atoms with Crippen LogP contribution in [0.15, 0.2) is 11.6 Å². The number of aliphatic carboxylic acids is 1. The van der Waals surface area contributed by atoms with Crippen molar-refractivity contribution >= 4 is 11.9 Å². The van der Waals surface area contributed by atoms with Crippen LogP contribution >= 0.6 is 0 Å². The number of carbonyl (C=O) groups is 2. The van der Waals surface area contributed by atoms with E-state index in [1.165, 1.54) is 0 Å². The van der Waals surface area contributed by atoms with E-state index in [1.54, 1.807) is 6.08 Å².